The number of aliphatic hydroxyl groups is 1. The maximum Gasteiger partial charge on any atom is 0.251 e. The molecule has 0 aliphatic rings. The standard InChI is InChI=1S/C16H25NO2S/c1-11(2)9-16(4,19)10-17-15(18)14-8-13(20-5)7-6-12(14)3/h6-8,11,19H,9-10H2,1-5H3,(H,17,18). The smallest absolute Gasteiger partial charge is 0.251 e. The van der Waals surface area contributed by atoms with Crippen LogP contribution in [0.2, 0.25) is 0 Å². The Kier molecular flexibility index (Phi) is 6.08. The lowest BCUT2D eigenvalue weighted by Crippen LogP contribution is -2.41. The first kappa shape index (κ1) is 17.1. The third-order valence-electron chi connectivity index (χ3n) is 3.17. The van der Waals surface area contributed by atoms with Crippen molar-refractivity contribution in [1.29, 1.82) is 0 Å². The average molecular weight is 295 g/mol. The molecule has 0 heterocycles. The van der Waals surface area contributed by atoms with Crippen molar-refractivity contribution in [2.75, 3.05) is 12.8 Å². The highest BCUT2D eigenvalue weighted by Gasteiger charge is 2.23. The van der Waals surface area contributed by atoms with E-state index in [1.165, 1.54) is 0 Å². The zero-order valence-corrected chi connectivity index (χ0v) is 13.8. The average Bonchev–Trinajstić information content (AvgIpc) is 2.35. The molecule has 20 heavy (non-hydrogen) atoms. The molecule has 0 spiro atoms. The molecular formula is C16H25NO2S. The predicted octanol–water partition coefficient (Wildman–Crippen LogP) is 3.24. The van der Waals surface area contributed by atoms with Crippen molar-refractivity contribution in [3.8, 4) is 0 Å². The van der Waals surface area contributed by atoms with Gasteiger partial charge in [-0.2, -0.15) is 0 Å². The van der Waals surface area contributed by atoms with E-state index in [4.69, 9.17) is 0 Å². The molecule has 0 bridgehead atoms. The number of aryl methyl sites for hydroxylation is 1. The maximum atomic E-state index is 12.2. The van der Waals surface area contributed by atoms with E-state index in [1.54, 1.807) is 18.7 Å². The minimum Gasteiger partial charge on any atom is -0.388 e. The van der Waals surface area contributed by atoms with Gasteiger partial charge in [0.1, 0.15) is 0 Å². The van der Waals surface area contributed by atoms with Crippen LogP contribution in [0.3, 0.4) is 0 Å². The molecule has 1 amide bonds. The van der Waals surface area contributed by atoms with Gasteiger partial charge in [-0.1, -0.05) is 19.9 Å². The molecular weight excluding hydrogens is 270 g/mol. The van der Waals surface area contributed by atoms with E-state index in [0.29, 0.717) is 17.9 Å². The van der Waals surface area contributed by atoms with Crippen LogP contribution in [-0.4, -0.2) is 29.4 Å². The number of carbonyl (C=O) groups is 1. The molecule has 112 valence electrons. The van der Waals surface area contributed by atoms with E-state index < -0.39 is 5.60 Å². The van der Waals surface area contributed by atoms with Crippen molar-refractivity contribution in [1.82, 2.24) is 5.32 Å². The van der Waals surface area contributed by atoms with E-state index in [0.717, 1.165) is 10.5 Å². The van der Waals surface area contributed by atoms with Crippen LogP contribution in [0.1, 0.15) is 43.1 Å². The van der Waals surface area contributed by atoms with Gasteiger partial charge >= 0.3 is 0 Å². The van der Waals surface area contributed by atoms with Gasteiger partial charge < -0.3 is 10.4 Å². The van der Waals surface area contributed by atoms with Gasteiger partial charge in [-0.05, 0) is 50.1 Å². The highest BCUT2D eigenvalue weighted by atomic mass is 32.2. The number of rotatable bonds is 6. The Hall–Kier alpha value is -1.00. The van der Waals surface area contributed by atoms with Gasteiger partial charge in [0.05, 0.1) is 5.60 Å². The van der Waals surface area contributed by atoms with Crippen molar-refractivity contribution in [3.05, 3.63) is 29.3 Å². The van der Waals surface area contributed by atoms with Gasteiger partial charge in [0.15, 0.2) is 0 Å². The topological polar surface area (TPSA) is 49.3 Å². The molecule has 1 aromatic carbocycles. The number of benzene rings is 1. The van der Waals surface area contributed by atoms with Crippen molar-refractivity contribution in [2.24, 2.45) is 5.92 Å². The van der Waals surface area contributed by atoms with E-state index >= 15 is 0 Å². The Labute approximate surface area is 126 Å². The third-order valence-corrected chi connectivity index (χ3v) is 3.89. The maximum absolute atomic E-state index is 12.2. The van der Waals surface area contributed by atoms with Gasteiger partial charge in [0.2, 0.25) is 0 Å². The molecule has 0 radical (unpaired) electrons. The van der Waals surface area contributed by atoms with Crippen molar-refractivity contribution in [3.63, 3.8) is 0 Å². The Morgan fingerprint density at radius 2 is 2.10 bits per heavy atom. The summed E-state index contributed by atoms with van der Waals surface area (Å²) in [4.78, 5) is 13.3. The zero-order chi connectivity index (χ0) is 15.3. The zero-order valence-electron chi connectivity index (χ0n) is 13.0. The minimum atomic E-state index is -0.866. The van der Waals surface area contributed by atoms with Crippen LogP contribution < -0.4 is 5.32 Å². The first-order valence-corrected chi connectivity index (χ1v) is 8.13. The highest BCUT2D eigenvalue weighted by Crippen LogP contribution is 2.20. The van der Waals surface area contributed by atoms with Gasteiger partial charge in [-0.25, -0.2) is 0 Å². The summed E-state index contributed by atoms with van der Waals surface area (Å²) < 4.78 is 0. The predicted molar refractivity (Wildman–Crippen MR) is 85.4 cm³/mol. The van der Waals surface area contributed by atoms with E-state index in [1.807, 2.05) is 31.4 Å². The fourth-order valence-corrected chi connectivity index (χ4v) is 2.73. The van der Waals surface area contributed by atoms with E-state index in [-0.39, 0.29) is 12.5 Å². The summed E-state index contributed by atoms with van der Waals surface area (Å²) in [7, 11) is 0. The van der Waals surface area contributed by atoms with Crippen LogP contribution in [-0.2, 0) is 0 Å². The van der Waals surface area contributed by atoms with Crippen LogP contribution in [0.25, 0.3) is 0 Å². The number of nitrogens with one attached hydrogen (secondary N) is 1. The molecule has 0 saturated carbocycles. The van der Waals surface area contributed by atoms with Crippen molar-refractivity contribution >= 4 is 17.7 Å². The molecule has 0 aromatic heterocycles. The van der Waals surface area contributed by atoms with Crippen LogP contribution in [0.5, 0.6) is 0 Å². The fraction of sp³-hybridized carbons (Fsp3) is 0.562. The monoisotopic (exact) mass is 295 g/mol. The van der Waals surface area contributed by atoms with Crippen LogP contribution in [0, 0.1) is 12.8 Å². The highest BCUT2D eigenvalue weighted by molar-refractivity contribution is 7.98. The first-order valence-electron chi connectivity index (χ1n) is 6.90. The van der Waals surface area contributed by atoms with Crippen LogP contribution >= 0.6 is 11.8 Å². The van der Waals surface area contributed by atoms with Gasteiger partial charge in [0, 0.05) is 17.0 Å². The molecule has 0 saturated heterocycles. The summed E-state index contributed by atoms with van der Waals surface area (Å²) in [6.07, 6.45) is 2.65. The molecule has 0 aliphatic heterocycles. The summed E-state index contributed by atoms with van der Waals surface area (Å²) in [5, 5.41) is 13.1. The van der Waals surface area contributed by atoms with Crippen LogP contribution in [0.4, 0.5) is 0 Å². The normalized spacial score (nSPS) is 14.2. The van der Waals surface area contributed by atoms with E-state index in [2.05, 4.69) is 19.2 Å². The molecule has 0 fully saturated rings. The molecule has 1 aromatic rings. The summed E-state index contributed by atoms with van der Waals surface area (Å²) in [5.41, 5.74) is 0.760. The van der Waals surface area contributed by atoms with E-state index in [9.17, 15) is 9.90 Å². The Bertz CT molecular complexity index is 470. The summed E-state index contributed by atoms with van der Waals surface area (Å²) >= 11 is 1.61. The van der Waals surface area contributed by atoms with Gasteiger partial charge in [-0.15, -0.1) is 11.8 Å². The van der Waals surface area contributed by atoms with Crippen molar-refractivity contribution < 1.29 is 9.90 Å². The van der Waals surface area contributed by atoms with Gasteiger partial charge in [0.25, 0.3) is 5.91 Å². The lowest BCUT2D eigenvalue weighted by Gasteiger charge is -2.25. The Morgan fingerprint density at radius 3 is 2.65 bits per heavy atom. The molecule has 1 atom stereocenters. The second-order valence-corrected chi connectivity index (χ2v) is 6.84. The number of thioether (sulfide) groups is 1. The SMILES string of the molecule is CSc1ccc(C)c(C(=O)NCC(C)(O)CC(C)C)c1. The Balaban J connectivity index is 2.72. The molecule has 1 rings (SSSR count). The quantitative estimate of drug-likeness (QED) is 0.792. The lowest BCUT2D eigenvalue weighted by molar-refractivity contribution is 0.0368. The number of amides is 1. The summed E-state index contributed by atoms with van der Waals surface area (Å²) in [6, 6.07) is 5.85. The van der Waals surface area contributed by atoms with Gasteiger partial charge in [-0.3, -0.25) is 4.79 Å². The Morgan fingerprint density at radius 1 is 1.45 bits per heavy atom. The largest absolute Gasteiger partial charge is 0.388 e. The number of carbonyl (C=O) groups excluding carboxylic acids is 1. The second kappa shape index (κ2) is 7.14. The number of hydrogen-bond acceptors (Lipinski definition) is 3. The molecule has 0 aliphatic carbocycles. The van der Waals surface area contributed by atoms with Crippen LogP contribution in [0.15, 0.2) is 23.1 Å². The molecule has 2 N–H and O–H groups in total. The second-order valence-electron chi connectivity index (χ2n) is 5.96. The fourth-order valence-electron chi connectivity index (χ4n) is 2.29. The molecule has 4 heteroatoms. The summed E-state index contributed by atoms with van der Waals surface area (Å²) in [5.74, 6) is 0.269. The molecule has 1 unspecified atom stereocenters. The summed E-state index contributed by atoms with van der Waals surface area (Å²) in [6.45, 7) is 8.07. The third kappa shape index (κ3) is 5.17. The molecule has 3 nitrogen and oxygen atoms in total. The first-order chi connectivity index (χ1) is 9.25. The van der Waals surface area contributed by atoms with Crippen molar-refractivity contribution in [2.45, 2.75) is 44.6 Å². The minimum absolute atomic E-state index is 0.123. The lowest BCUT2D eigenvalue weighted by atomic mass is 9.94. The number of hydrogen-bond donors (Lipinski definition) is 2.